The highest BCUT2D eigenvalue weighted by atomic mass is 16.5. The summed E-state index contributed by atoms with van der Waals surface area (Å²) in [4.78, 5) is 4.52. The van der Waals surface area contributed by atoms with Crippen molar-refractivity contribution in [1.82, 2.24) is 15.0 Å². The summed E-state index contributed by atoms with van der Waals surface area (Å²) in [5, 5.41) is 4.21. The molecule has 0 saturated carbocycles. The number of nitrogens with zero attached hydrogens (tertiary/aromatic N) is 3. The Morgan fingerprint density at radius 2 is 2.32 bits per heavy atom. The van der Waals surface area contributed by atoms with Crippen LogP contribution in [0, 0.1) is 0 Å². The van der Waals surface area contributed by atoms with Crippen LogP contribution in [0.2, 0.25) is 0 Å². The normalized spacial score (nSPS) is 15.9. The Balaban J connectivity index is 1.73. The van der Waals surface area contributed by atoms with Gasteiger partial charge in [0.25, 0.3) is 0 Å². The first-order chi connectivity index (χ1) is 9.22. The molecule has 5 nitrogen and oxygen atoms in total. The molecule has 0 unspecified atom stereocenters. The van der Waals surface area contributed by atoms with Crippen LogP contribution in [0.25, 0.3) is 0 Å². The van der Waals surface area contributed by atoms with Crippen LogP contribution in [0.1, 0.15) is 22.6 Å². The van der Waals surface area contributed by atoms with Crippen LogP contribution in [0.3, 0.4) is 0 Å². The van der Waals surface area contributed by atoms with Crippen molar-refractivity contribution in [3.8, 4) is 0 Å². The fourth-order valence-corrected chi connectivity index (χ4v) is 2.52. The molecule has 19 heavy (non-hydrogen) atoms. The lowest BCUT2D eigenvalue weighted by Gasteiger charge is -2.25. The Morgan fingerprint density at radius 1 is 1.42 bits per heavy atom. The molecular weight excluding hydrogens is 242 g/mol. The second-order valence-corrected chi connectivity index (χ2v) is 5.36. The van der Waals surface area contributed by atoms with E-state index in [0.717, 1.165) is 44.1 Å². The van der Waals surface area contributed by atoms with Crippen LogP contribution in [-0.2, 0) is 26.1 Å². The molecule has 0 fully saturated rings. The van der Waals surface area contributed by atoms with E-state index in [1.165, 1.54) is 11.1 Å². The number of fused-ring (bicyclic) bond motifs is 1. The van der Waals surface area contributed by atoms with E-state index in [0.29, 0.717) is 0 Å². The van der Waals surface area contributed by atoms with Crippen molar-refractivity contribution >= 4 is 0 Å². The van der Waals surface area contributed by atoms with Crippen LogP contribution in [0.4, 0.5) is 0 Å². The molecule has 0 spiro atoms. The third-order valence-corrected chi connectivity index (χ3v) is 3.44. The summed E-state index contributed by atoms with van der Waals surface area (Å²) in [5.41, 5.74) is 3.55. The number of rotatable bonds is 4. The van der Waals surface area contributed by atoms with E-state index in [2.05, 4.69) is 15.0 Å². The van der Waals surface area contributed by atoms with Gasteiger partial charge < -0.3 is 13.8 Å². The van der Waals surface area contributed by atoms with Crippen LogP contribution < -0.4 is 0 Å². The monoisotopic (exact) mass is 261 g/mol. The van der Waals surface area contributed by atoms with E-state index in [9.17, 15) is 0 Å². The fraction of sp³-hybridized carbons (Fsp3) is 0.500. The largest absolute Gasteiger partial charge is 0.472 e. The van der Waals surface area contributed by atoms with Gasteiger partial charge in [0.05, 0.1) is 12.5 Å². The minimum atomic E-state index is 0.832. The maximum absolute atomic E-state index is 5.45. The van der Waals surface area contributed by atoms with Crippen LogP contribution >= 0.6 is 0 Å². The summed E-state index contributed by atoms with van der Waals surface area (Å²) in [7, 11) is 4.10. The van der Waals surface area contributed by atoms with Gasteiger partial charge in [-0.2, -0.15) is 0 Å². The van der Waals surface area contributed by atoms with E-state index in [1.807, 2.05) is 26.4 Å². The van der Waals surface area contributed by atoms with Crippen molar-refractivity contribution in [2.24, 2.45) is 0 Å². The molecule has 2 aromatic heterocycles. The lowest BCUT2D eigenvalue weighted by atomic mass is 10.1. The standard InChI is InChI=1S/C14H19N3O2/c1-16(2)9-13-12-8-17(5-3-14(12)19-15-13)7-11-4-6-18-10-11/h4,6,10H,3,5,7-9H2,1-2H3. The molecule has 5 heteroatoms. The van der Waals surface area contributed by atoms with Gasteiger partial charge in [-0.15, -0.1) is 0 Å². The number of hydrogen-bond acceptors (Lipinski definition) is 5. The van der Waals surface area contributed by atoms with Gasteiger partial charge in [0.15, 0.2) is 0 Å². The quantitative estimate of drug-likeness (QED) is 0.841. The smallest absolute Gasteiger partial charge is 0.142 e. The van der Waals surface area contributed by atoms with E-state index in [4.69, 9.17) is 8.94 Å². The molecule has 0 radical (unpaired) electrons. The first-order valence-corrected chi connectivity index (χ1v) is 6.57. The molecule has 102 valence electrons. The molecule has 2 aromatic rings. The Morgan fingerprint density at radius 3 is 3.05 bits per heavy atom. The summed E-state index contributed by atoms with van der Waals surface area (Å²) < 4.78 is 10.6. The predicted octanol–water partition coefficient (Wildman–Crippen LogP) is 1.89. The minimum absolute atomic E-state index is 0.832. The molecule has 1 aliphatic heterocycles. The van der Waals surface area contributed by atoms with Gasteiger partial charge in [-0.25, -0.2) is 0 Å². The molecule has 3 heterocycles. The summed E-state index contributed by atoms with van der Waals surface area (Å²) in [6.45, 7) is 3.67. The molecule has 3 rings (SSSR count). The molecule has 0 aromatic carbocycles. The second kappa shape index (κ2) is 5.19. The van der Waals surface area contributed by atoms with Gasteiger partial charge in [0.1, 0.15) is 11.5 Å². The molecule has 0 saturated heterocycles. The summed E-state index contributed by atoms with van der Waals surface area (Å²) >= 11 is 0. The maximum Gasteiger partial charge on any atom is 0.142 e. The van der Waals surface area contributed by atoms with Crippen molar-refractivity contribution in [3.63, 3.8) is 0 Å². The highest BCUT2D eigenvalue weighted by Crippen LogP contribution is 2.24. The average Bonchev–Trinajstić information content (AvgIpc) is 3.00. The second-order valence-electron chi connectivity index (χ2n) is 5.36. The highest BCUT2D eigenvalue weighted by Gasteiger charge is 2.24. The zero-order valence-electron chi connectivity index (χ0n) is 11.4. The zero-order valence-corrected chi connectivity index (χ0v) is 11.4. The lowest BCUT2D eigenvalue weighted by molar-refractivity contribution is 0.228. The molecule has 0 amide bonds. The summed E-state index contributed by atoms with van der Waals surface area (Å²) in [5.74, 6) is 1.06. The Kier molecular flexibility index (Phi) is 3.40. The zero-order chi connectivity index (χ0) is 13.2. The van der Waals surface area contributed by atoms with E-state index in [1.54, 1.807) is 6.26 Å². The van der Waals surface area contributed by atoms with Gasteiger partial charge >= 0.3 is 0 Å². The van der Waals surface area contributed by atoms with Crippen molar-refractivity contribution < 1.29 is 8.94 Å². The SMILES string of the molecule is CN(C)Cc1noc2c1CN(Cc1ccoc1)CC2. The maximum atomic E-state index is 5.45. The Labute approximate surface area is 112 Å². The van der Waals surface area contributed by atoms with E-state index >= 15 is 0 Å². The number of aromatic nitrogens is 1. The van der Waals surface area contributed by atoms with Crippen molar-refractivity contribution in [3.05, 3.63) is 41.2 Å². The van der Waals surface area contributed by atoms with E-state index in [-0.39, 0.29) is 0 Å². The van der Waals surface area contributed by atoms with Crippen LogP contribution in [0.15, 0.2) is 27.5 Å². The molecule has 0 bridgehead atoms. The lowest BCUT2D eigenvalue weighted by Crippen LogP contribution is -2.30. The van der Waals surface area contributed by atoms with E-state index < -0.39 is 0 Å². The van der Waals surface area contributed by atoms with Crippen molar-refractivity contribution in [2.45, 2.75) is 26.1 Å². The van der Waals surface area contributed by atoms with Crippen molar-refractivity contribution in [2.75, 3.05) is 20.6 Å². The van der Waals surface area contributed by atoms with Crippen LogP contribution in [0.5, 0.6) is 0 Å². The molecule has 1 aliphatic rings. The summed E-state index contributed by atoms with van der Waals surface area (Å²) in [6, 6.07) is 2.02. The predicted molar refractivity (Wildman–Crippen MR) is 70.4 cm³/mol. The average molecular weight is 261 g/mol. The Hall–Kier alpha value is -1.59. The third kappa shape index (κ3) is 2.72. The summed E-state index contributed by atoms with van der Waals surface area (Å²) in [6.07, 6.45) is 4.47. The number of furan rings is 1. The fourth-order valence-electron chi connectivity index (χ4n) is 2.52. The topological polar surface area (TPSA) is 45.7 Å². The molecular formula is C14H19N3O2. The van der Waals surface area contributed by atoms with Crippen molar-refractivity contribution in [1.29, 1.82) is 0 Å². The number of hydrogen-bond donors (Lipinski definition) is 0. The minimum Gasteiger partial charge on any atom is -0.472 e. The highest BCUT2D eigenvalue weighted by molar-refractivity contribution is 5.25. The Bertz CT molecular complexity index is 531. The molecule has 0 N–H and O–H groups in total. The van der Waals surface area contributed by atoms with Gasteiger partial charge in [0.2, 0.25) is 0 Å². The van der Waals surface area contributed by atoms with Gasteiger partial charge in [-0.1, -0.05) is 5.16 Å². The molecule has 0 aliphatic carbocycles. The van der Waals surface area contributed by atoms with Gasteiger partial charge in [0, 0.05) is 43.7 Å². The first-order valence-electron chi connectivity index (χ1n) is 6.57. The van der Waals surface area contributed by atoms with Gasteiger partial charge in [-0.05, 0) is 20.2 Å². The third-order valence-electron chi connectivity index (χ3n) is 3.44. The van der Waals surface area contributed by atoms with Crippen LogP contribution in [-0.4, -0.2) is 35.6 Å². The van der Waals surface area contributed by atoms with Gasteiger partial charge in [-0.3, -0.25) is 4.90 Å². The molecule has 0 atom stereocenters. The first kappa shape index (κ1) is 12.4.